The zero-order valence-corrected chi connectivity index (χ0v) is 25.0. The Hall–Kier alpha value is -3.36. The van der Waals surface area contributed by atoms with Crippen LogP contribution in [0.3, 0.4) is 0 Å². The number of allylic oxidation sites excluding steroid dienone is 4. The molecule has 1 aliphatic rings. The van der Waals surface area contributed by atoms with Crippen LogP contribution in [0.5, 0.6) is 0 Å². The summed E-state index contributed by atoms with van der Waals surface area (Å²) in [6.07, 6.45) is 14.9. The summed E-state index contributed by atoms with van der Waals surface area (Å²) in [5.41, 5.74) is 6.88. The molecule has 2 unspecified atom stereocenters. The third-order valence-electron chi connectivity index (χ3n) is 7.39. The van der Waals surface area contributed by atoms with E-state index in [1.807, 2.05) is 36.4 Å². The molecule has 0 aliphatic heterocycles. The Kier molecular flexibility index (Phi) is 12.2. The Morgan fingerprint density at radius 1 is 1.07 bits per heavy atom. The maximum absolute atomic E-state index is 13.8. The van der Waals surface area contributed by atoms with E-state index >= 15 is 0 Å². The average Bonchev–Trinajstić information content (AvgIpc) is 3.40. The predicted molar refractivity (Wildman–Crippen MR) is 162 cm³/mol. The molecule has 3 rings (SSSR count). The van der Waals surface area contributed by atoms with Gasteiger partial charge >= 0.3 is 0 Å². The van der Waals surface area contributed by atoms with Gasteiger partial charge in [-0.15, -0.1) is 0 Å². The van der Waals surface area contributed by atoms with Crippen LogP contribution in [0.1, 0.15) is 84.2 Å². The van der Waals surface area contributed by atoms with E-state index in [0.717, 1.165) is 49.7 Å². The molecule has 0 spiro atoms. The Balaban J connectivity index is 1.78. The highest BCUT2D eigenvalue weighted by molar-refractivity contribution is 5.97. The van der Waals surface area contributed by atoms with Gasteiger partial charge in [-0.25, -0.2) is 4.98 Å². The second kappa shape index (κ2) is 15.6. The maximum atomic E-state index is 13.8. The van der Waals surface area contributed by atoms with E-state index < -0.39 is 17.5 Å². The molecule has 0 fully saturated rings. The predicted octanol–water partition coefficient (Wildman–Crippen LogP) is 5.95. The lowest BCUT2D eigenvalue weighted by molar-refractivity contribution is -0.130. The number of carbonyl (C=O) groups excluding carboxylic acids is 3. The number of nitrogens with one attached hydrogen (secondary N) is 1. The van der Waals surface area contributed by atoms with Crippen molar-refractivity contribution in [1.29, 1.82) is 0 Å². The molecular weight excluding hydrogens is 516 g/mol. The summed E-state index contributed by atoms with van der Waals surface area (Å²) in [6.45, 7) is 7.85. The number of benzene rings is 1. The number of amides is 1. The number of hydrogen-bond donors (Lipinski definition) is 2. The minimum Gasteiger partial charge on any atom is -0.376 e. The van der Waals surface area contributed by atoms with E-state index in [9.17, 15) is 14.4 Å². The van der Waals surface area contributed by atoms with E-state index in [2.05, 4.69) is 36.3 Å². The second-order valence-corrected chi connectivity index (χ2v) is 11.5. The van der Waals surface area contributed by atoms with Crippen LogP contribution in [0.4, 0.5) is 5.82 Å². The molecule has 1 heterocycles. The van der Waals surface area contributed by atoms with Crippen molar-refractivity contribution >= 4 is 23.3 Å². The van der Waals surface area contributed by atoms with Crippen LogP contribution in [0, 0.1) is 11.8 Å². The van der Waals surface area contributed by atoms with Crippen molar-refractivity contribution in [3.63, 3.8) is 0 Å². The second-order valence-electron chi connectivity index (χ2n) is 11.5. The number of Topliss-reactive ketones (excluding diaryl/α,β-unsaturated/α-hetero) is 2. The summed E-state index contributed by atoms with van der Waals surface area (Å²) >= 11 is 0. The van der Waals surface area contributed by atoms with Gasteiger partial charge < -0.3 is 20.4 Å². The van der Waals surface area contributed by atoms with Crippen molar-refractivity contribution in [1.82, 2.24) is 9.55 Å². The minimum absolute atomic E-state index is 0.0385. The molecule has 0 saturated carbocycles. The van der Waals surface area contributed by atoms with Crippen molar-refractivity contribution in [2.24, 2.45) is 17.6 Å². The monoisotopic (exact) mass is 562 g/mol. The maximum Gasteiger partial charge on any atom is 0.231 e. The molecule has 222 valence electrons. The summed E-state index contributed by atoms with van der Waals surface area (Å²) in [6, 6.07) is 9.14. The Morgan fingerprint density at radius 2 is 1.78 bits per heavy atom. The summed E-state index contributed by atoms with van der Waals surface area (Å²) in [7, 11) is 0. The number of carbonyl (C=O) groups is 3. The first-order chi connectivity index (χ1) is 19.6. The molecule has 1 aromatic carbocycles. The van der Waals surface area contributed by atoms with Gasteiger partial charge in [-0.05, 0) is 50.7 Å². The van der Waals surface area contributed by atoms with E-state index in [0.29, 0.717) is 12.4 Å². The van der Waals surface area contributed by atoms with E-state index in [1.54, 1.807) is 30.9 Å². The van der Waals surface area contributed by atoms with Crippen molar-refractivity contribution in [2.45, 2.75) is 90.8 Å². The average molecular weight is 563 g/mol. The summed E-state index contributed by atoms with van der Waals surface area (Å²) < 4.78 is 7.64. The van der Waals surface area contributed by atoms with Crippen LogP contribution >= 0.6 is 0 Å². The summed E-state index contributed by atoms with van der Waals surface area (Å²) in [5.74, 6) is -0.906. The third-order valence-corrected chi connectivity index (χ3v) is 7.39. The molecule has 3 N–H and O–H groups in total. The Bertz CT molecular complexity index is 1200. The molecular formula is C33H46N4O4. The molecule has 41 heavy (non-hydrogen) atoms. The van der Waals surface area contributed by atoms with E-state index in [-0.39, 0.29) is 36.4 Å². The fourth-order valence-electron chi connectivity index (χ4n) is 5.05. The number of ketones is 2. The lowest BCUT2D eigenvalue weighted by Gasteiger charge is -2.25. The number of hydrogen-bond acceptors (Lipinski definition) is 6. The van der Waals surface area contributed by atoms with Crippen LogP contribution < -0.4 is 11.1 Å². The van der Waals surface area contributed by atoms with Crippen LogP contribution in [-0.2, 0) is 25.7 Å². The normalized spacial score (nSPS) is 14.9. The van der Waals surface area contributed by atoms with E-state index in [4.69, 9.17) is 10.5 Å². The molecule has 1 aromatic heterocycles. The number of anilines is 1. The number of aromatic nitrogens is 2. The standard InChI is InChI=1S/C33H46N4O4/c1-5-13-26(14-6-2)31(39)30(25-17-11-8-12-18-25)37-20-29(35-23-37)36-32(40)27(19-28(38)33(3,4)34)22-41-21-24-15-9-7-10-16-24/h7,9-11,15-18,20,23,26-27,30H,5-6,8,12-14,19,21-22,34H2,1-4H3,(H,36,40). The Labute approximate surface area is 244 Å². The SMILES string of the molecule is CCCC(CCC)C(=O)C(C1=CCCC=C1)n1cnc(NC(=O)C(COCc2ccccc2)CC(=O)C(C)(C)N)c1. The minimum atomic E-state index is -1.07. The van der Waals surface area contributed by atoms with E-state index in [1.165, 1.54) is 0 Å². The van der Waals surface area contributed by atoms with Gasteiger partial charge in [-0.2, -0.15) is 0 Å². The van der Waals surface area contributed by atoms with Crippen molar-refractivity contribution < 1.29 is 19.1 Å². The molecule has 1 amide bonds. The third kappa shape index (κ3) is 9.61. The zero-order chi connectivity index (χ0) is 29.8. The van der Waals surface area contributed by atoms with Gasteiger partial charge in [-0.1, -0.05) is 75.2 Å². The molecule has 8 heteroatoms. The Morgan fingerprint density at radius 3 is 2.39 bits per heavy atom. The van der Waals surface area contributed by atoms with Gasteiger partial charge in [-0.3, -0.25) is 14.4 Å². The zero-order valence-electron chi connectivity index (χ0n) is 25.0. The molecule has 0 radical (unpaired) electrons. The van der Waals surface area contributed by atoms with Crippen molar-refractivity contribution in [3.8, 4) is 0 Å². The molecule has 1 aliphatic carbocycles. The molecule has 0 saturated heterocycles. The first-order valence-corrected chi connectivity index (χ1v) is 14.8. The van der Waals surface area contributed by atoms with Gasteiger partial charge in [0.05, 0.1) is 31.0 Å². The van der Waals surface area contributed by atoms with Crippen LogP contribution in [0.2, 0.25) is 0 Å². The van der Waals surface area contributed by atoms with Gasteiger partial charge in [0.1, 0.15) is 6.04 Å². The lowest BCUT2D eigenvalue weighted by atomic mass is 9.85. The highest BCUT2D eigenvalue weighted by Gasteiger charge is 2.32. The quantitative estimate of drug-likeness (QED) is 0.246. The lowest BCUT2D eigenvalue weighted by Crippen LogP contribution is -2.44. The number of nitrogens with two attached hydrogens (primary N) is 1. The first kappa shape index (κ1) is 32.2. The number of imidazole rings is 1. The van der Waals surface area contributed by atoms with Gasteiger partial charge in [0, 0.05) is 18.5 Å². The molecule has 2 aromatic rings. The number of nitrogens with zero attached hydrogens (tertiary/aromatic N) is 2. The van der Waals surface area contributed by atoms with Gasteiger partial charge in [0.15, 0.2) is 17.4 Å². The fourth-order valence-corrected chi connectivity index (χ4v) is 5.05. The molecule has 2 atom stereocenters. The summed E-state index contributed by atoms with van der Waals surface area (Å²) in [4.78, 5) is 44.4. The smallest absolute Gasteiger partial charge is 0.231 e. The first-order valence-electron chi connectivity index (χ1n) is 14.8. The van der Waals surface area contributed by atoms with Crippen LogP contribution in [0.15, 0.2) is 66.7 Å². The van der Waals surface area contributed by atoms with Crippen molar-refractivity contribution in [2.75, 3.05) is 11.9 Å². The summed E-state index contributed by atoms with van der Waals surface area (Å²) in [5, 5.41) is 2.85. The highest BCUT2D eigenvalue weighted by atomic mass is 16.5. The van der Waals surface area contributed by atoms with Crippen LogP contribution in [-0.4, -0.2) is 39.2 Å². The fraction of sp³-hybridized carbons (Fsp3) is 0.515. The topological polar surface area (TPSA) is 116 Å². The molecule has 0 bridgehead atoms. The van der Waals surface area contributed by atoms with Crippen LogP contribution in [0.25, 0.3) is 0 Å². The number of rotatable bonds is 17. The molecule has 8 nitrogen and oxygen atoms in total. The number of ether oxygens (including phenoxy) is 1. The van der Waals surface area contributed by atoms with Gasteiger partial charge in [0.25, 0.3) is 0 Å². The largest absolute Gasteiger partial charge is 0.376 e. The van der Waals surface area contributed by atoms with Gasteiger partial charge in [0.2, 0.25) is 5.91 Å². The van der Waals surface area contributed by atoms with Crippen molar-refractivity contribution in [3.05, 3.63) is 72.2 Å². The highest BCUT2D eigenvalue weighted by Crippen LogP contribution is 2.31.